The number of rotatable bonds is 12. The normalized spacial score (nSPS) is 14.6. The standard InChI is InChI=1S/C27H35ClN2O3S/c1-3-25(27(32)29-22-7-4-5-8-22)30(19-20-10-14-23(33-2)15-11-20)26(31)9-6-18-34-24-16-12-21(28)13-17-24/h10-17,22,25H,3-9,18-19H2,1-2H3,(H,29,32)/t25-/m1/s1. The van der Waals surface area contributed by atoms with Crippen molar-refractivity contribution in [1.29, 1.82) is 0 Å². The van der Waals surface area contributed by atoms with E-state index >= 15 is 0 Å². The van der Waals surface area contributed by atoms with Crippen molar-refractivity contribution < 1.29 is 14.3 Å². The highest BCUT2D eigenvalue weighted by Gasteiger charge is 2.30. The van der Waals surface area contributed by atoms with Crippen LogP contribution in [0.3, 0.4) is 0 Å². The van der Waals surface area contributed by atoms with E-state index in [2.05, 4.69) is 5.32 Å². The van der Waals surface area contributed by atoms with Gasteiger partial charge in [0.25, 0.3) is 0 Å². The number of halogens is 1. The van der Waals surface area contributed by atoms with E-state index < -0.39 is 6.04 Å². The Hall–Kier alpha value is -2.18. The predicted molar refractivity (Wildman–Crippen MR) is 139 cm³/mol. The van der Waals surface area contributed by atoms with Crippen molar-refractivity contribution in [3.8, 4) is 5.75 Å². The SMILES string of the molecule is CC[C@H](C(=O)NC1CCCC1)N(Cc1ccc(OC)cc1)C(=O)CCCSc1ccc(Cl)cc1. The van der Waals surface area contributed by atoms with E-state index in [1.54, 1.807) is 23.8 Å². The van der Waals surface area contributed by atoms with Crippen molar-refractivity contribution >= 4 is 35.2 Å². The molecule has 3 rings (SSSR count). The zero-order valence-electron chi connectivity index (χ0n) is 20.1. The zero-order valence-corrected chi connectivity index (χ0v) is 21.7. The molecule has 0 bridgehead atoms. The minimum absolute atomic E-state index is 0.0148. The van der Waals surface area contributed by atoms with Crippen LogP contribution >= 0.6 is 23.4 Å². The average Bonchev–Trinajstić information content (AvgIpc) is 3.36. The van der Waals surface area contributed by atoms with Crippen molar-refractivity contribution in [1.82, 2.24) is 10.2 Å². The quantitative estimate of drug-likeness (QED) is 0.282. The third kappa shape index (κ3) is 7.95. The van der Waals surface area contributed by atoms with Gasteiger partial charge in [-0.25, -0.2) is 0 Å². The number of hydrogen-bond donors (Lipinski definition) is 1. The summed E-state index contributed by atoms with van der Waals surface area (Å²) in [5.41, 5.74) is 0.983. The molecular weight excluding hydrogens is 468 g/mol. The van der Waals surface area contributed by atoms with E-state index in [9.17, 15) is 9.59 Å². The van der Waals surface area contributed by atoms with E-state index in [-0.39, 0.29) is 17.9 Å². The fraction of sp³-hybridized carbons (Fsp3) is 0.481. The fourth-order valence-corrected chi connectivity index (χ4v) is 5.28. The van der Waals surface area contributed by atoms with Crippen LogP contribution < -0.4 is 10.1 Å². The summed E-state index contributed by atoms with van der Waals surface area (Å²) < 4.78 is 5.26. The molecule has 2 amide bonds. The molecule has 1 atom stereocenters. The van der Waals surface area contributed by atoms with Gasteiger partial charge in [-0.3, -0.25) is 9.59 Å². The monoisotopic (exact) mass is 502 g/mol. The smallest absolute Gasteiger partial charge is 0.243 e. The lowest BCUT2D eigenvalue weighted by molar-refractivity contribution is -0.141. The summed E-state index contributed by atoms with van der Waals surface area (Å²) in [7, 11) is 1.63. The summed E-state index contributed by atoms with van der Waals surface area (Å²) >= 11 is 7.67. The van der Waals surface area contributed by atoms with E-state index in [0.29, 0.717) is 19.4 Å². The van der Waals surface area contributed by atoms with Crippen molar-refractivity contribution in [2.24, 2.45) is 0 Å². The van der Waals surface area contributed by atoms with Gasteiger partial charge in [-0.15, -0.1) is 11.8 Å². The van der Waals surface area contributed by atoms with Crippen LogP contribution in [0.15, 0.2) is 53.4 Å². The van der Waals surface area contributed by atoms with Crippen LogP contribution in [-0.4, -0.2) is 41.7 Å². The molecule has 7 heteroatoms. The first-order valence-corrected chi connectivity index (χ1v) is 13.5. The van der Waals surface area contributed by atoms with Gasteiger partial charge in [0.2, 0.25) is 11.8 Å². The van der Waals surface area contributed by atoms with Gasteiger partial charge in [0, 0.05) is 28.9 Å². The maximum absolute atomic E-state index is 13.4. The molecule has 0 spiro atoms. The number of amides is 2. The third-order valence-electron chi connectivity index (χ3n) is 6.22. The minimum Gasteiger partial charge on any atom is -0.497 e. The summed E-state index contributed by atoms with van der Waals surface area (Å²) in [4.78, 5) is 29.4. The number of ether oxygens (including phenoxy) is 1. The number of carbonyl (C=O) groups is 2. The molecule has 1 aliphatic carbocycles. The maximum atomic E-state index is 13.4. The summed E-state index contributed by atoms with van der Waals surface area (Å²) in [5, 5.41) is 3.91. The Morgan fingerprint density at radius 2 is 1.79 bits per heavy atom. The molecule has 1 N–H and O–H groups in total. The molecule has 1 saturated carbocycles. The van der Waals surface area contributed by atoms with Gasteiger partial charge in [0.15, 0.2) is 0 Å². The fourth-order valence-electron chi connectivity index (χ4n) is 4.30. The van der Waals surface area contributed by atoms with E-state index in [0.717, 1.165) is 59.1 Å². The van der Waals surface area contributed by atoms with Crippen molar-refractivity contribution in [2.45, 2.75) is 75.4 Å². The molecule has 0 heterocycles. The third-order valence-corrected chi connectivity index (χ3v) is 7.57. The van der Waals surface area contributed by atoms with Gasteiger partial charge >= 0.3 is 0 Å². The summed E-state index contributed by atoms with van der Waals surface area (Å²) in [6.07, 6.45) is 6.09. The molecule has 1 fully saturated rings. The van der Waals surface area contributed by atoms with E-state index in [4.69, 9.17) is 16.3 Å². The van der Waals surface area contributed by atoms with Crippen LogP contribution in [0.5, 0.6) is 5.75 Å². The molecular formula is C27H35ClN2O3S. The Labute approximate surface area is 212 Å². The van der Waals surface area contributed by atoms with Crippen molar-refractivity contribution in [2.75, 3.05) is 12.9 Å². The highest BCUT2D eigenvalue weighted by Crippen LogP contribution is 2.23. The summed E-state index contributed by atoms with van der Waals surface area (Å²) in [5.74, 6) is 1.58. The lowest BCUT2D eigenvalue weighted by Gasteiger charge is -2.31. The summed E-state index contributed by atoms with van der Waals surface area (Å²) in [6, 6.07) is 15.2. The Bertz CT molecular complexity index is 914. The van der Waals surface area contributed by atoms with Crippen LogP contribution in [0.25, 0.3) is 0 Å². The number of thioether (sulfide) groups is 1. The van der Waals surface area contributed by atoms with E-state index in [1.165, 1.54) is 0 Å². The Morgan fingerprint density at radius 1 is 1.12 bits per heavy atom. The molecule has 34 heavy (non-hydrogen) atoms. The number of nitrogens with one attached hydrogen (secondary N) is 1. The van der Waals surface area contributed by atoms with Gasteiger partial charge < -0.3 is 15.0 Å². The second kappa shape index (κ2) is 13.6. The topological polar surface area (TPSA) is 58.6 Å². The second-order valence-electron chi connectivity index (χ2n) is 8.69. The molecule has 1 aliphatic rings. The minimum atomic E-state index is -0.473. The number of carbonyl (C=O) groups excluding carboxylic acids is 2. The Balaban J connectivity index is 1.64. The first kappa shape index (κ1) is 26.4. The summed E-state index contributed by atoms with van der Waals surface area (Å²) in [6.45, 7) is 2.38. The molecule has 0 radical (unpaired) electrons. The van der Waals surface area contributed by atoms with Crippen LogP contribution in [0.2, 0.25) is 5.02 Å². The first-order chi connectivity index (χ1) is 16.5. The van der Waals surface area contributed by atoms with Gasteiger partial charge in [0.05, 0.1) is 7.11 Å². The number of methoxy groups -OCH3 is 1. The lowest BCUT2D eigenvalue weighted by Crippen LogP contribution is -2.50. The highest BCUT2D eigenvalue weighted by atomic mass is 35.5. The van der Waals surface area contributed by atoms with Gasteiger partial charge in [0.1, 0.15) is 11.8 Å². The van der Waals surface area contributed by atoms with Crippen LogP contribution in [0, 0.1) is 0 Å². The highest BCUT2D eigenvalue weighted by molar-refractivity contribution is 7.99. The lowest BCUT2D eigenvalue weighted by atomic mass is 10.1. The molecule has 0 aliphatic heterocycles. The molecule has 0 unspecified atom stereocenters. The second-order valence-corrected chi connectivity index (χ2v) is 10.3. The average molecular weight is 503 g/mol. The molecule has 0 aromatic heterocycles. The predicted octanol–water partition coefficient (Wildman–Crippen LogP) is 6.09. The Kier molecular flexibility index (Phi) is 10.6. The maximum Gasteiger partial charge on any atom is 0.243 e. The Morgan fingerprint density at radius 3 is 2.41 bits per heavy atom. The van der Waals surface area contributed by atoms with Gasteiger partial charge in [-0.1, -0.05) is 43.5 Å². The van der Waals surface area contributed by atoms with Gasteiger partial charge in [-0.05, 0) is 73.4 Å². The number of hydrogen-bond acceptors (Lipinski definition) is 4. The molecule has 5 nitrogen and oxygen atoms in total. The van der Waals surface area contributed by atoms with Crippen LogP contribution in [0.1, 0.15) is 57.4 Å². The largest absolute Gasteiger partial charge is 0.497 e. The molecule has 0 saturated heterocycles. The van der Waals surface area contributed by atoms with Crippen molar-refractivity contribution in [3.63, 3.8) is 0 Å². The molecule has 2 aromatic rings. The number of benzene rings is 2. The number of nitrogens with zero attached hydrogens (tertiary/aromatic N) is 1. The van der Waals surface area contributed by atoms with Crippen LogP contribution in [0.4, 0.5) is 0 Å². The molecule has 184 valence electrons. The van der Waals surface area contributed by atoms with Gasteiger partial charge in [-0.2, -0.15) is 0 Å². The van der Waals surface area contributed by atoms with E-state index in [1.807, 2.05) is 55.5 Å². The molecule has 2 aromatic carbocycles. The zero-order chi connectivity index (χ0) is 24.3. The first-order valence-electron chi connectivity index (χ1n) is 12.1. The van der Waals surface area contributed by atoms with Crippen molar-refractivity contribution in [3.05, 3.63) is 59.1 Å². The van der Waals surface area contributed by atoms with Crippen LogP contribution in [-0.2, 0) is 16.1 Å².